The summed E-state index contributed by atoms with van der Waals surface area (Å²) in [6.45, 7) is 0. The molecule has 0 bridgehead atoms. The Morgan fingerprint density at radius 3 is 2.04 bits per heavy atom. The third kappa shape index (κ3) is 4.08. The lowest BCUT2D eigenvalue weighted by molar-refractivity contribution is 0.418. The maximum Gasteiger partial charge on any atom is 0.146 e. The van der Waals surface area contributed by atoms with Crippen LogP contribution < -0.4 is 4.74 Å². The predicted octanol–water partition coefficient (Wildman–Crippen LogP) is 5.71. The Kier molecular flexibility index (Phi) is 5.50. The second kappa shape index (κ2) is 7.80. The number of ether oxygens (including phenoxy) is 1. The minimum absolute atomic E-state index is 0.208. The van der Waals surface area contributed by atoms with E-state index in [0.29, 0.717) is 5.52 Å². The van der Waals surface area contributed by atoms with Crippen molar-refractivity contribution in [2.75, 3.05) is 7.11 Å². The van der Waals surface area contributed by atoms with Crippen molar-refractivity contribution >= 4 is 53.7 Å². The molecule has 0 spiro atoms. The molecule has 0 aliphatic rings. The number of nitrogens with zero attached hydrogens (tertiary/aromatic N) is 2. The molecule has 4 aromatic rings. The molecule has 4 rings (SSSR count). The number of phenolic OH excluding ortho intramolecular Hbond substituents is 1. The highest BCUT2D eigenvalue weighted by Gasteiger charge is 2.03. The average molecular weight is 462 g/mol. The molecule has 2 aromatic heterocycles. The van der Waals surface area contributed by atoms with Crippen LogP contribution in [0.15, 0.2) is 69.9 Å². The fraction of sp³-hybridized carbons (Fsp3) is 0.0526. The van der Waals surface area contributed by atoms with Crippen LogP contribution in [0.25, 0.3) is 21.8 Å². The fourth-order valence-electron chi connectivity index (χ4n) is 2.42. The van der Waals surface area contributed by atoms with E-state index in [9.17, 15) is 5.11 Å². The van der Waals surface area contributed by atoms with Gasteiger partial charge in [0.15, 0.2) is 0 Å². The Bertz CT molecular complexity index is 1040. The molecule has 2 heterocycles. The van der Waals surface area contributed by atoms with E-state index in [0.717, 1.165) is 31.0 Å². The van der Waals surface area contributed by atoms with Gasteiger partial charge in [-0.3, -0.25) is 9.97 Å². The largest absolute Gasteiger partial charge is 0.506 e. The van der Waals surface area contributed by atoms with Gasteiger partial charge in [-0.2, -0.15) is 0 Å². The van der Waals surface area contributed by atoms with Crippen molar-refractivity contribution in [3.63, 3.8) is 0 Å². The van der Waals surface area contributed by atoms with Gasteiger partial charge in [-0.25, -0.2) is 0 Å². The maximum absolute atomic E-state index is 9.46. The van der Waals surface area contributed by atoms with Gasteiger partial charge < -0.3 is 9.84 Å². The molecule has 0 amide bonds. The Morgan fingerprint density at radius 2 is 1.40 bits per heavy atom. The minimum Gasteiger partial charge on any atom is -0.506 e. The van der Waals surface area contributed by atoms with Crippen LogP contribution in [-0.2, 0) is 0 Å². The third-order valence-corrected chi connectivity index (χ3v) is 4.42. The number of benzene rings is 2. The average Bonchev–Trinajstić information content (AvgIpc) is 2.61. The highest BCUT2D eigenvalue weighted by molar-refractivity contribution is 9.10. The Morgan fingerprint density at radius 1 is 0.840 bits per heavy atom. The number of aromatic nitrogens is 2. The molecule has 2 aromatic carbocycles. The second-order valence-electron chi connectivity index (χ2n) is 5.18. The van der Waals surface area contributed by atoms with Crippen molar-refractivity contribution in [1.82, 2.24) is 9.97 Å². The molecule has 4 nitrogen and oxygen atoms in total. The quantitative estimate of drug-likeness (QED) is 0.394. The summed E-state index contributed by atoms with van der Waals surface area (Å²) in [6, 6.07) is 15.2. The standard InChI is InChI=1S/C10H8BrNO.C9H6BrNO/c1-13-9-6-8(11)5-7-3-2-4-12-10(7)9;10-7-4-6-2-1-3-11-9(6)8(12)5-7/h2-6H,1H3;1-5,12H. The van der Waals surface area contributed by atoms with Crippen LogP contribution in [0.1, 0.15) is 0 Å². The number of pyridine rings is 2. The first-order valence-electron chi connectivity index (χ1n) is 7.40. The topological polar surface area (TPSA) is 55.2 Å². The summed E-state index contributed by atoms with van der Waals surface area (Å²) in [7, 11) is 1.65. The Balaban J connectivity index is 0.000000146. The smallest absolute Gasteiger partial charge is 0.146 e. The first kappa shape index (κ1) is 17.6. The predicted molar refractivity (Wildman–Crippen MR) is 107 cm³/mol. The number of phenols is 1. The number of aromatic hydroxyl groups is 1. The normalized spacial score (nSPS) is 10.4. The Hall–Kier alpha value is -2.18. The maximum atomic E-state index is 9.46. The molecule has 0 unspecified atom stereocenters. The van der Waals surface area contributed by atoms with Crippen molar-refractivity contribution < 1.29 is 9.84 Å². The summed E-state index contributed by atoms with van der Waals surface area (Å²) >= 11 is 6.71. The second-order valence-corrected chi connectivity index (χ2v) is 7.01. The van der Waals surface area contributed by atoms with Crippen molar-refractivity contribution in [3.8, 4) is 11.5 Å². The van der Waals surface area contributed by atoms with Crippen LogP contribution in [-0.4, -0.2) is 22.2 Å². The van der Waals surface area contributed by atoms with E-state index in [-0.39, 0.29) is 5.75 Å². The number of rotatable bonds is 1. The lowest BCUT2D eigenvalue weighted by Gasteiger charge is -2.04. The highest BCUT2D eigenvalue weighted by atomic mass is 79.9. The van der Waals surface area contributed by atoms with Gasteiger partial charge in [-0.15, -0.1) is 0 Å². The van der Waals surface area contributed by atoms with Gasteiger partial charge in [-0.1, -0.05) is 44.0 Å². The zero-order valence-electron chi connectivity index (χ0n) is 13.3. The monoisotopic (exact) mass is 460 g/mol. The molecular weight excluding hydrogens is 448 g/mol. The number of fused-ring (bicyclic) bond motifs is 2. The molecule has 0 radical (unpaired) electrons. The molecule has 0 saturated carbocycles. The number of hydrogen-bond donors (Lipinski definition) is 1. The van der Waals surface area contributed by atoms with E-state index in [1.807, 2.05) is 42.5 Å². The van der Waals surface area contributed by atoms with Gasteiger partial charge in [0.05, 0.1) is 7.11 Å². The van der Waals surface area contributed by atoms with Crippen LogP contribution in [0.5, 0.6) is 11.5 Å². The summed E-state index contributed by atoms with van der Waals surface area (Å²) in [6.07, 6.45) is 3.43. The van der Waals surface area contributed by atoms with Crippen molar-refractivity contribution in [3.05, 3.63) is 69.9 Å². The summed E-state index contributed by atoms with van der Waals surface area (Å²) in [4.78, 5) is 8.30. The van der Waals surface area contributed by atoms with Gasteiger partial charge in [-0.05, 0) is 36.4 Å². The molecule has 126 valence electrons. The first-order valence-corrected chi connectivity index (χ1v) is 8.98. The SMILES string of the molecule is COc1cc(Br)cc2cccnc12.Oc1cc(Br)cc2cccnc12. The summed E-state index contributed by atoms with van der Waals surface area (Å²) in [5, 5.41) is 11.5. The van der Waals surface area contributed by atoms with Gasteiger partial charge >= 0.3 is 0 Å². The van der Waals surface area contributed by atoms with Crippen LogP contribution in [0.4, 0.5) is 0 Å². The molecule has 0 aliphatic heterocycles. The van der Waals surface area contributed by atoms with Crippen molar-refractivity contribution in [2.45, 2.75) is 0 Å². The molecule has 0 fully saturated rings. The first-order chi connectivity index (χ1) is 12.1. The van der Waals surface area contributed by atoms with E-state index in [1.165, 1.54) is 0 Å². The Labute approximate surface area is 161 Å². The summed E-state index contributed by atoms with van der Waals surface area (Å²) in [5.41, 5.74) is 1.54. The van der Waals surface area contributed by atoms with Gasteiger partial charge in [0, 0.05) is 32.1 Å². The van der Waals surface area contributed by atoms with Crippen LogP contribution in [0.2, 0.25) is 0 Å². The van der Waals surface area contributed by atoms with E-state index in [4.69, 9.17) is 4.74 Å². The van der Waals surface area contributed by atoms with E-state index in [1.54, 1.807) is 25.6 Å². The van der Waals surface area contributed by atoms with Crippen LogP contribution in [0, 0.1) is 0 Å². The zero-order chi connectivity index (χ0) is 17.8. The van der Waals surface area contributed by atoms with Crippen molar-refractivity contribution in [2.24, 2.45) is 0 Å². The molecule has 0 aliphatic carbocycles. The number of hydrogen-bond acceptors (Lipinski definition) is 4. The molecule has 0 atom stereocenters. The molecule has 25 heavy (non-hydrogen) atoms. The molecule has 6 heteroatoms. The van der Waals surface area contributed by atoms with Gasteiger partial charge in [0.25, 0.3) is 0 Å². The van der Waals surface area contributed by atoms with E-state index >= 15 is 0 Å². The number of methoxy groups -OCH3 is 1. The van der Waals surface area contributed by atoms with Crippen LogP contribution in [0.3, 0.4) is 0 Å². The van der Waals surface area contributed by atoms with Gasteiger partial charge in [0.1, 0.15) is 22.5 Å². The molecular formula is C19H14Br2N2O2. The zero-order valence-corrected chi connectivity index (χ0v) is 16.5. The van der Waals surface area contributed by atoms with E-state index < -0.39 is 0 Å². The third-order valence-electron chi connectivity index (χ3n) is 3.50. The van der Waals surface area contributed by atoms with Crippen molar-refractivity contribution in [1.29, 1.82) is 0 Å². The highest BCUT2D eigenvalue weighted by Crippen LogP contribution is 2.28. The summed E-state index contributed by atoms with van der Waals surface area (Å²) in [5.74, 6) is 1.00. The van der Waals surface area contributed by atoms with Crippen LogP contribution >= 0.6 is 31.9 Å². The van der Waals surface area contributed by atoms with E-state index in [2.05, 4.69) is 41.8 Å². The van der Waals surface area contributed by atoms with Gasteiger partial charge in [0.2, 0.25) is 0 Å². The minimum atomic E-state index is 0.208. The lowest BCUT2D eigenvalue weighted by atomic mass is 10.2. The molecule has 1 N–H and O–H groups in total. The molecule has 0 saturated heterocycles. The lowest BCUT2D eigenvalue weighted by Crippen LogP contribution is -1.87. The fourth-order valence-corrected chi connectivity index (χ4v) is 3.33. The number of halogens is 2. The summed E-state index contributed by atoms with van der Waals surface area (Å²) < 4.78 is 7.08.